The highest BCUT2D eigenvalue weighted by Crippen LogP contribution is 2.18. The van der Waals surface area contributed by atoms with Crippen molar-refractivity contribution in [3.8, 4) is 0 Å². The summed E-state index contributed by atoms with van der Waals surface area (Å²) in [5, 5.41) is 12.3. The molecule has 5 heteroatoms. The molecule has 0 aliphatic heterocycles. The average Bonchev–Trinajstić information content (AvgIpc) is 2.57. The molecule has 2 rings (SSSR count). The van der Waals surface area contributed by atoms with Gasteiger partial charge in [-0.1, -0.05) is 37.3 Å². The summed E-state index contributed by atoms with van der Waals surface area (Å²) < 4.78 is 26.7. The molecule has 0 aliphatic rings. The number of rotatable bonds is 9. The third-order valence-corrected chi connectivity index (χ3v) is 4.20. The average molecular weight is 347 g/mol. The van der Waals surface area contributed by atoms with Gasteiger partial charge in [-0.3, -0.25) is 4.79 Å². The highest BCUT2D eigenvalue weighted by Gasteiger charge is 2.15. The Kier molecular flexibility index (Phi) is 7.07. The fourth-order valence-electron chi connectivity index (χ4n) is 2.79. The van der Waals surface area contributed by atoms with Crippen molar-refractivity contribution in [2.75, 3.05) is 6.54 Å². The Morgan fingerprint density at radius 1 is 1.12 bits per heavy atom. The largest absolute Gasteiger partial charge is 0.481 e. The summed E-state index contributed by atoms with van der Waals surface area (Å²) in [5.74, 6) is -2.10. The maximum Gasteiger partial charge on any atom is 0.303 e. The Labute approximate surface area is 146 Å². The number of nitrogens with one attached hydrogen (secondary N) is 1. The topological polar surface area (TPSA) is 49.3 Å². The molecule has 0 aromatic heterocycles. The molecule has 2 atom stereocenters. The first-order chi connectivity index (χ1) is 11.9. The van der Waals surface area contributed by atoms with E-state index in [9.17, 15) is 13.6 Å². The third-order valence-electron chi connectivity index (χ3n) is 4.20. The Morgan fingerprint density at radius 2 is 1.76 bits per heavy atom. The second kappa shape index (κ2) is 9.28. The van der Waals surface area contributed by atoms with Gasteiger partial charge in [-0.15, -0.1) is 0 Å². The number of hydrogen-bond acceptors (Lipinski definition) is 2. The van der Waals surface area contributed by atoms with Gasteiger partial charge in [-0.25, -0.2) is 8.78 Å². The zero-order chi connectivity index (χ0) is 18.2. The van der Waals surface area contributed by atoms with Crippen LogP contribution in [0, 0.1) is 11.6 Å². The van der Waals surface area contributed by atoms with E-state index in [2.05, 4.69) is 5.32 Å². The molecule has 0 saturated heterocycles. The lowest BCUT2D eigenvalue weighted by Gasteiger charge is -2.21. The van der Waals surface area contributed by atoms with Crippen molar-refractivity contribution in [3.05, 3.63) is 71.3 Å². The van der Waals surface area contributed by atoms with Crippen molar-refractivity contribution in [3.63, 3.8) is 0 Å². The van der Waals surface area contributed by atoms with Crippen molar-refractivity contribution in [1.29, 1.82) is 0 Å². The highest BCUT2D eigenvalue weighted by atomic mass is 19.1. The summed E-state index contributed by atoms with van der Waals surface area (Å²) in [4.78, 5) is 10.9. The summed E-state index contributed by atoms with van der Waals surface area (Å²) in [6.07, 6.45) is 1.28. The minimum absolute atomic E-state index is 0.0145. The van der Waals surface area contributed by atoms with E-state index in [4.69, 9.17) is 5.11 Å². The Hall–Kier alpha value is -2.27. The van der Waals surface area contributed by atoms with Crippen molar-refractivity contribution in [2.45, 2.75) is 38.1 Å². The highest BCUT2D eigenvalue weighted by molar-refractivity contribution is 5.66. The summed E-state index contributed by atoms with van der Waals surface area (Å²) in [7, 11) is 0. The van der Waals surface area contributed by atoms with Gasteiger partial charge in [0, 0.05) is 25.1 Å². The second-order valence-corrected chi connectivity index (χ2v) is 6.33. The van der Waals surface area contributed by atoms with Crippen LogP contribution in [0.4, 0.5) is 8.78 Å². The maximum absolute atomic E-state index is 13.4. The van der Waals surface area contributed by atoms with Gasteiger partial charge in [0.25, 0.3) is 0 Å². The van der Waals surface area contributed by atoms with Gasteiger partial charge in [-0.2, -0.15) is 0 Å². The van der Waals surface area contributed by atoms with Crippen LogP contribution in [0.2, 0.25) is 0 Å². The van der Waals surface area contributed by atoms with Gasteiger partial charge in [-0.05, 0) is 42.0 Å². The molecule has 0 fully saturated rings. The van der Waals surface area contributed by atoms with Crippen LogP contribution in [0.15, 0.2) is 48.5 Å². The molecule has 134 valence electrons. The number of carbonyl (C=O) groups is 1. The maximum atomic E-state index is 13.4. The lowest BCUT2D eigenvalue weighted by Crippen LogP contribution is -2.34. The molecule has 3 nitrogen and oxygen atoms in total. The molecule has 0 saturated carbocycles. The number of hydrogen-bond donors (Lipinski definition) is 2. The molecule has 0 bridgehead atoms. The number of carboxylic acid groups (broad SMARTS) is 1. The zero-order valence-electron chi connectivity index (χ0n) is 14.2. The van der Waals surface area contributed by atoms with E-state index in [1.807, 2.05) is 37.3 Å². The van der Waals surface area contributed by atoms with E-state index in [0.29, 0.717) is 24.9 Å². The normalized spacial score (nSPS) is 13.4. The fraction of sp³-hybridized carbons (Fsp3) is 0.350. The van der Waals surface area contributed by atoms with Crippen molar-refractivity contribution in [1.82, 2.24) is 5.32 Å². The summed E-state index contributed by atoms with van der Waals surface area (Å²) in [6, 6.07) is 13.3. The van der Waals surface area contributed by atoms with Crippen LogP contribution in [-0.2, 0) is 11.2 Å². The van der Waals surface area contributed by atoms with Crippen molar-refractivity contribution in [2.24, 2.45) is 0 Å². The monoisotopic (exact) mass is 347 g/mol. The Balaban J connectivity index is 1.98. The molecule has 2 unspecified atom stereocenters. The van der Waals surface area contributed by atoms with Crippen LogP contribution in [0.1, 0.15) is 36.8 Å². The lowest BCUT2D eigenvalue weighted by molar-refractivity contribution is -0.137. The van der Waals surface area contributed by atoms with Crippen LogP contribution in [0.25, 0.3) is 0 Å². The van der Waals surface area contributed by atoms with Crippen LogP contribution >= 0.6 is 0 Å². The molecule has 0 heterocycles. The van der Waals surface area contributed by atoms with E-state index >= 15 is 0 Å². The predicted molar refractivity (Wildman–Crippen MR) is 93.6 cm³/mol. The Bertz CT molecular complexity index is 671. The first-order valence-electron chi connectivity index (χ1n) is 8.39. The van der Waals surface area contributed by atoms with Crippen LogP contribution in [-0.4, -0.2) is 23.7 Å². The second-order valence-electron chi connectivity index (χ2n) is 6.33. The number of carboxylic acids is 1. The van der Waals surface area contributed by atoms with Gasteiger partial charge in [0.15, 0.2) is 0 Å². The molecule has 0 aliphatic carbocycles. The van der Waals surface area contributed by atoms with Gasteiger partial charge in [0.2, 0.25) is 0 Å². The molecule has 25 heavy (non-hydrogen) atoms. The summed E-state index contributed by atoms with van der Waals surface area (Å²) in [5.41, 5.74) is 1.71. The summed E-state index contributed by atoms with van der Waals surface area (Å²) in [6.45, 7) is 2.40. The standard InChI is InChI=1S/C20H23F2NO2/c1-14(16-10-17(21)12-18(22)11-16)13-23-19(7-8-20(24)25)9-15-5-3-2-4-6-15/h2-6,10-12,14,19,23H,7-9,13H2,1H3,(H,24,25). The zero-order valence-corrected chi connectivity index (χ0v) is 14.2. The minimum Gasteiger partial charge on any atom is -0.481 e. The minimum atomic E-state index is -0.833. The molecular formula is C20H23F2NO2. The number of aliphatic carboxylic acids is 1. The smallest absolute Gasteiger partial charge is 0.303 e. The Morgan fingerprint density at radius 3 is 2.36 bits per heavy atom. The quantitative estimate of drug-likeness (QED) is 0.717. The molecule has 2 N–H and O–H groups in total. The molecular weight excluding hydrogens is 324 g/mol. The van der Waals surface area contributed by atoms with Crippen LogP contribution in [0.5, 0.6) is 0 Å². The third kappa shape index (κ3) is 6.63. The first-order valence-corrected chi connectivity index (χ1v) is 8.39. The summed E-state index contributed by atoms with van der Waals surface area (Å²) >= 11 is 0. The molecule has 0 radical (unpaired) electrons. The number of halogens is 2. The first kappa shape index (κ1) is 19.1. The van der Waals surface area contributed by atoms with E-state index in [1.54, 1.807) is 0 Å². The molecule has 0 amide bonds. The molecule has 2 aromatic carbocycles. The van der Waals surface area contributed by atoms with Gasteiger partial charge in [0.1, 0.15) is 11.6 Å². The predicted octanol–water partition coefficient (Wildman–Crippen LogP) is 4.13. The SMILES string of the molecule is CC(CNC(CCC(=O)O)Cc1ccccc1)c1cc(F)cc(F)c1. The van der Waals surface area contributed by atoms with Crippen LogP contribution in [0.3, 0.4) is 0 Å². The van der Waals surface area contributed by atoms with Gasteiger partial charge < -0.3 is 10.4 Å². The van der Waals surface area contributed by atoms with E-state index in [-0.39, 0.29) is 18.4 Å². The van der Waals surface area contributed by atoms with E-state index in [1.165, 1.54) is 12.1 Å². The van der Waals surface area contributed by atoms with Gasteiger partial charge in [0.05, 0.1) is 0 Å². The lowest BCUT2D eigenvalue weighted by atomic mass is 9.98. The van der Waals surface area contributed by atoms with Gasteiger partial charge >= 0.3 is 5.97 Å². The molecule has 2 aromatic rings. The van der Waals surface area contributed by atoms with E-state index < -0.39 is 17.6 Å². The van der Waals surface area contributed by atoms with Crippen molar-refractivity contribution < 1.29 is 18.7 Å². The molecule has 0 spiro atoms. The van der Waals surface area contributed by atoms with Crippen LogP contribution < -0.4 is 5.32 Å². The number of benzene rings is 2. The van der Waals surface area contributed by atoms with Crippen molar-refractivity contribution >= 4 is 5.97 Å². The van der Waals surface area contributed by atoms with E-state index in [0.717, 1.165) is 11.6 Å². The fourth-order valence-corrected chi connectivity index (χ4v) is 2.79.